The van der Waals surface area contributed by atoms with E-state index in [2.05, 4.69) is 15.9 Å². The molecule has 4 heteroatoms. The monoisotopic (exact) mass is 248 g/mol. The minimum atomic E-state index is 0.499. The first-order valence-corrected chi connectivity index (χ1v) is 4.73. The zero-order chi connectivity index (χ0) is 10.1. The average molecular weight is 249 g/mol. The van der Waals surface area contributed by atoms with Crippen molar-refractivity contribution in [2.75, 3.05) is 0 Å². The zero-order valence-corrected chi connectivity index (χ0v) is 8.65. The predicted molar refractivity (Wildman–Crippen MR) is 55.3 cm³/mol. The topological polar surface area (TPSA) is 50.7 Å². The molecule has 0 fully saturated rings. The van der Waals surface area contributed by atoms with Gasteiger partial charge in [-0.15, -0.1) is 0 Å². The molecule has 3 nitrogen and oxygen atoms in total. The number of fused-ring (bicyclic) bond motifs is 1. The molecule has 0 spiro atoms. The number of rotatable bonds is 0. The highest BCUT2D eigenvalue weighted by molar-refractivity contribution is 9.10. The van der Waals surface area contributed by atoms with Crippen LogP contribution < -0.4 is 4.73 Å². The van der Waals surface area contributed by atoms with E-state index < -0.39 is 0 Å². The minimum absolute atomic E-state index is 0.499. The van der Waals surface area contributed by atoms with E-state index in [4.69, 9.17) is 5.26 Å². The number of pyridine rings is 1. The lowest BCUT2D eigenvalue weighted by atomic mass is 10.1. The van der Waals surface area contributed by atoms with Gasteiger partial charge < -0.3 is 5.21 Å². The summed E-state index contributed by atoms with van der Waals surface area (Å²) in [6, 6.07) is 8.83. The molecule has 1 aromatic heterocycles. The van der Waals surface area contributed by atoms with Gasteiger partial charge in [-0.05, 0) is 12.1 Å². The van der Waals surface area contributed by atoms with Crippen LogP contribution in [0, 0.1) is 16.5 Å². The molecule has 0 amide bonds. The second kappa shape index (κ2) is 3.28. The van der Waals surface area contributed by atoms with E-state index in [1.54, 1.807) is 12.1 Å². The predicted octanol–water partition coefficient (Wildman–Crippen LogP) is 2.11. The Kier molecular flexibility index (Phi) is 2.10. The van der Waals surface area contributed by atoms with Gasteiger partial charge >= 0.3 is 0 Å². The van der Waals surface area contributed by atoms with Crippen LogP contribution in [0.5, 0.6) is 0 Å². The van der Waals surface area contributed by atoms with Crippen molar-refractivity contribution in [3.8, 4) is 6.07 Å². The molecule has 2 aromatic rings. The Bertz CT molecular complexity index is 546. The number of nitriles is 1. The highest BCUT2D eigenvalue weighted by Gasteiger charge is 2.08. The molecule has 1 heterocycles. The summed E-state index contributed by atoms with van der Waals surface area (Å²) in [5.41, 5.74) is 1.01. The molecular weight excluding hydrogens is 244 g/mol. The first-order chi connectivity index (χ1) is 6.72. The van der Waals surface area contributed by atoms with Gasteiger partial charge in [-0.1, -0.05) is 15.9 Å². The Morgan fingerprint density at radius 3 is 2.86 bits per heavy atom. The molecule has 68 valence electrons. The van der Waals surface area contributed by atoms with Gasteiger partial charge in [0, 0.05) is 16.6 Å². The Hall–Kier alpha value is -1.60. The van der Waals surface area contributed by atoms with E-state index in [0.717, 1.165) is 9.20 Å². The SMILES string of the molecule is N#Cc1cc[n+]([O-])c2cc(Br)ccc12. The molecule has 14 heavy (non-hydrogen) atoms. The summed E-state index contributed by atoms with van der Waals surface area (Å²) in [7, 11) is 0. The van der Waals surface area contributed by atoms with Crippen LogP contribution in [0.25, 0.3) is 10.9 Å². The van der Waals surface area contributed by atoms with Crippen LogP contribution in [0.3, 0.4) is 0 Å². The average Bonchev–Trinajstić information content (AvgIpc) is 2.19. The van der Waals surface area contributed by atoms with Crippen molar-refractivity contribution in [3.63, 3.8) is 0 Å². The van der Waals surface area contributed by atoms with Crippen molar-refractivity contribution in [1.82, 2.24) is 0 Å². The van der Waals surface area contributed by atoms with Crippen LogP contribution in [0.4, 0.5) is 0 Å². The van der Waals surface area contributed by atoms with Crippen molar-refractivity contribution < 1.29 is 4.73 Å². The molecule has 0 bridgehead atoms. The Labute approximate surface area is 88.9 Å². The molecule has 0 aliphatic rings. The molecule has 2 rings (SSSR count). The van der Waals surface area contributed by atoms with Crippen LogP contribution >= 0.6 is 15.9 Å². The highest BCUT2D eigenvalue weighted by Crippen LogP contribution is 2.19. The van der Waals surface area contributed by atoms with E-state index in [0.29, 0.717) is 16.5 Å². The smallest absolute Gasteiger partial charge is 0.226 e. The maximum atomic E-state index is 11.4. The van der Waals surface area contributed by atoms with Gasteiger partial charge in [-0.2, -0.15) is 9.99 Å². The fraction of sp³-hybridized carbons (Fsp3) is 0. The van der Waals surface area contributed by atoms with Crippen molar-refractivity contribution in [3.05, 3.63) is 45.7 Å². The number of aromatic nitrogens is 1. The Morgan fingerprint density at radius 2 is 2.14 bits per heavy atom. The quantitative estimate of drug-likeness (QED) is 0.530. The van der Waals surface area contributed by atoms with Gasteiger partial charge in [0.05, 0.1) is 10.9 Å². The maximum absolute atomic E-state index is 11.4. The zero-order valence-electron chi connectivity index (χ0n) is 7.07. The van der Waals surface area contributed by atoms with Gasteiger partial charge in [0.25, 0.3) is 0 Å². The third-order valence-corrected chi connectivity index (χ3v) is 2.48. The Balaban J connectivity index is 2.93. The first-order valence-electron chi connectivity index (χ1n) is 3.94. The van der Waals surface area contributed by atoms with Gasteiger partial charge in [0.2, 0.25) is 5.52 Å². The Morgan fingerprint density at radius 1 is 1.36 bits per heavy atom. The number of halogens is 1. The molecule has 0 unspecified atom stereocenters. The molecule has 0 atom stereocenters. The van der Waals surface area contributed by atoms with E-state index in [1.165, 1.54) is 12.3 Å². The summed E-state index contributed by atoms with van der Waals surface area (Å²) in [6.07, 6.45) is 1.34. The molecule has 0 saturated heterocycles. The van der Waals surface area contributed by atoms with Crippen molar-refractivity contribution in [1.29, 1.82) is 5.26 Å². The van der Waals surface area contributed by atoms with E-state index in [-0.39, 0.29) is 0 Å². The summed E-state index contributed by atoms with van der Waals surface area (Å²) in [5, 5.41) is 20.9. The summed E-state index contributed by atoms with van der Waals surface area (Å²) < 4.78 is 1.57. The van der Waals surface area contributed by atoms with Gasteiger partial charge in [-0.3, -0.25) is 0 Å². The molecule has 0 radical (unpaired) electrons. The third-order valence-electron chi connectivity index (χ3n) is 1.98. The molecule has 0 N–H and O–H groups in total. The van der Waals surface area contributed by atoms with Crippen molar-refractivity contribution in [2.24, 2.45) is 0 Å². The van der Waals surface area contributed by atoms with Crippen LogP contribution in [0.1, 0.15) is 5.56 Å². The maximum Gasteiger partial charge on any atom is 0.226 e. The van der Waals surface area contributed by atoms with Gasteiger partial charge in [0.15, 0.2) is 6.20 Å². The molecule has 1 aromatic carbocycles. The molecule has 0 aliphatic heterocycles. The second-order valence-corrected chi connectivity index (χ2v) is 3.74. The largest absolute Gasteiger partial charge is 0.618 e. The van der Waals surface area contributed by atoms with Crippen LogP contribution in [-0.2, 0) is 0 Å². The highest BCUT2D eigenvalue weighted by atomic mass is 79.9. The summed E-state index contributed by atoms with van der Waals surface area (Å²) in [6.45, 7) is 0. The summed E-state index contributed by atoms with van der Waals surface area (Å²) >= 11 is 3.28. The van der Waals surface area contributed by atoms with E-state index in [9.17, 15) is 5.21 Å². The number of hydrogen-bond donors (Lipinski definition) is 0. The van der Waals surface area contributed by atoms with E-state index >= 15 is 0 Å². The molecular formula is C10H5BrN2O. The lowest BCUT2D eigenvalue weighted by Gasteiger charge is -2.02. The number of nitrogens with zero attached hydrogens (tertiary/aromatic N) is 2. The van der Waals surface area contributed by atoms with E-state index in [1.807, 2.05) is 12.1 Å². The second-order valence-electron chi connectivity index (χ2n) is 2.83. The van der Waals surface area contributed by atoms with Crippen molar-refractivity contribution in [2.45, 2.75) is 0 Å². The first kappa shape index (κ1) is 8.97. The van der Waals surface area contributed by atoms with Gasteiger partial charge in [-0.25, -0.2) is 0 Å². The third kappa shape index (κ3) is 1.32. The van der Waals surface area contributed by atoms with Crippen LogP contribution in [0.2, 0.25) is 0 Å². The standard InChI is InChI=1S/C10H5BrN2O/c11-8-1-2-9-7(6-12)3-4-13(14)10(9)5-8/h1-5H. The fourth-order valence-corrected chi connectivity index (χ4v) is 1.67. The van der Waals surface area contributed by atoms with Crippen LogP contribution in [-0.4, -0.2) is 0 Å². The fourth-order valence-electron chi connectivity index (χ4n) is 1.32. The van der Waals surface area contributed by atoms with Crippen molar-refractivity contribution >= 4 is 26.8 Å². The number of hydrogen-bond acceptors (Lipinski definition) is 2. The molecule has 0 aliphatic carbocycles. The summed E-state index contributed by atoms with van der Waals surface area (Å²) in [5.74, 6) is 0. The minimum Gasteiger partial charge on any atom is -0.618 e. The van der Waals surface area contributed by atoms with Gasteiger partial charge in [0.1, 0.15) is 6.07 Å². The normalized spacial score (nSPS) is 10.0. The van der Waals surface area contributed by atoms with Crippen LogP contribution in [0.15, 0.2) is 34.9 Å². The number of benzene rings is 1. The molecule has 0 saturated carbocycles. The lowest BCUT2D eigenvalue weighted by Crippen LogP contribution is -2.26. The lowest BCUT2D eigenvalue weighted by molar-refractivity contribution is -0.577. The summed E-state index contributed by atoms with van der Waals surface area (Å²) in [4.78, 5) is 0.